The highest BCUT2D eigenvalue weighted by molar-refractivity contribution is 5.38. The molecule has 2 atom stereocenters. The van der Waals surface area contributed by atoms with Gasteiger partial charge >= 0.3 is 0 Å². The first-order chi connectivity index (χ1) is 9.28. The van der Waals surface area contributed by atoms with Gasteiger partial charge in [0.25, 0.3) is 0 Å². The number of ether oxygens (including phenoxy) is 2. The van der Waals surface area contributed by atoms with Crippen molar-refractivity contribution in [3.8, 4) is 11.5 Å². The van der Waals surface area contributed by atoms with Gasteiger partial charge in [0.1, 0.15) is 23.7 Å². The second-order valence-corrected chi connectivity index (χ2v) is 4.69. The average Bonchev–Trinajstić information content (AvgIpc) is 2.90. The predicted molar refractivity (Wildman–Crippen MR) is 72.5 cm³/mol. The van der Waals surface area contributed by atoms with Crippen LogP contribution in [0.1, 0.15) is 17.2 Å². The van der Waals surface area contributed by atoms with Crippen LogP contribution in [0.5, 0.6) is 11.5 Å². The molecule has 0 aromatic heterocycles. The van der Waals surface area contributed by atoms with Gasteiger partial charge in [-0.3, -0.25) is 0 Å². The van der Waals surface area contributed by atoms with Crippen molar-refractivity contribution in [3.63, 3.8) is 0 Å². The molecule has 1 heterocycles. The molecule has 0 aliphatic carbocycles. The molecule has 0 radical (unpaired) electrons. The van der Waals surface area contributed by atoms with Crippen LogP contribution in [-0.2, 0) is 6.42 Å². The van der Waals surface area contributed by atoms with Crippen LogP contribution in [0.25, 0.3) is 0 Å². The number of para-hydroxylation sites is 1. The monoisotopic (exact) mass is 256 g/mol. The van der Waals surface area contributed by atoms with E-state index in [0.29, 0.717) is 0 Å². The number of methoxy groups -OCH3 is 1. The first kappa shape index (κ1) is 12.1. The topological polar surface area (TPSA) is 38.7 Å². The zero-order chi connectivity index (χ0) is 13.2. The minimum Gasteiger partial charge on any atom is -0.497 e. The zero-order valence-corrected chi connectivity index (χ0v) is 10.7. The molecule has 3 nitrogen and oxygen atoms in total. The summed E-state index contributed by atoms with van der Waals surface area (Å²) < 4.78 is 10.9. The molecule has 19 heavy (non-hydrogen) atoms. The van der Waals surface area contributed by atoms with Crippen LogP contribution in [0.3, 0.4) is 0 Å². The van der Waals surface area contributed by atoms with Crippen LogP contribution in [0, 0.1) is 0 Å². The van der Waals surface area contributed by atoms with Gasteiger partial charge in [-0.05, 0) is 29.3 Å². The van der Waals surface area contributed by atoms with E-state index in [4.69, 9.17) is 9.47 Å². The van der Waals surface area contributed by atoms with Gasteiger partial charge in [0.2, 0.25) is 0 Å². The lowest BCUT2D eigenvalue weighted by Gasteiger charge is -2.18. The quantitative estimate of drug-likeness (QED) is 0.917. The summed E-state index contributed by atoms with van der Waals surface area (Å²) in [5.74, 6) is 1.66. The lowest BCUT2D eigenvalue weighted by atomic mass is 10.0. The predicted octanol–water partition coefficient (Wildman–Crippen LogP) is 2.73. The van der Waals surface area contributed by atoms with E-state index in [2.05, 4.69) is 0 Å². The molecule has 3 rings (SSSR count). The van der Waals surface area contributed by atoms with E-state index < -0.39 is 6.10 Å². The Hall–Kier alpha value is -2.00. The van der Waals surface area contributed by atoms with Gasteiger partial charge in [0, 0.05) is 6.42 Å². The Balaban J connectivity index is 1.77. The maximum absolute atomic E-state index is 10.4. The summed E-state index contributed by atoms with van der Waals surface area (Å²) in [7, 11) is 1.63. The highest BCUT2D eigenvalue weighted by Crippen LogP contribution is 2.34. The molecule has 0 amide bonds. The standard InChI is InChI=1S/C16H16O3/c1-18-13-8-6-11(7-9-13)16(17)15-10-12-4-2-3-5-14(12)19-15/h2-9,15-17H,10H2,1H3. The van der Waals surface area contributed by atoms with Crippen LogP contribution >= 0.6 is 0 Å². The Morgan fingerprint density at radius 1 is 1.16 bits per heavy atom. The first-order valence-electron chi connectivity index (χ1n) is 6.34. The molecule has 1 aliphatic rings. The third kappa shape index (κ3) is 2.29. The van der Waals surface area contributed by atoms with E-state index in [1.807, 2.05) is 48.5 Å². The fourth-order valence-electron chi connectivity index (χ4n) is 2.40. The van der Waals surface area contributed by atoms with Crippen molar-refractivity contribution in [3.05, 3.63) is 59.7 Å². The maximum Gasteiger partial charge on any atom is 0.133 e. The molecule has 0 saturated heterocycles. The number of hydrogen-bond donors (Lipinski definition) is 1. The molecule has 98 valence electrons. The van der Waals surface area contributed by atoms with Gasteiger partial charge in [-0.1, -0.05) is 30.3 Å². The molecule has 0 spiro atoms. The second-order valence-electron chi connectivity index (χ2n) is 4.69. The summed E-state index contributed by atoms with van der Waals surface area (Å²) >= 11 is 0. The van der Waals surface area contributed by atoms with E-state index in [1.165, 1.54) is 0 Å². The number of fused-ring (bicyclic) bond motifs is 1. The van der Waals surface area contributed by atoms with Crippen molar-refractivity contribution in [1.29, 1.82) is 0 Å². The van der Waals surface area contributed by atoms with E-state index in [0.717, 1.165) is 29.0 Å². The molecule has 1 N–H and O–H groups in total. The van der Waals surface area contributed by atoms with Crippen LogP contribution in [0.15, 0.2) is 48.5 Å². The summed E-state index contributed by atoms with van der Waals surface area (Å²) in [6.45, 7) is 0. The Kier molecular flexibility index (Phi) is 3.13. The molecule has 0 fully saturated rings. The van der Waals surface area contributed by atoms with Crippen LogP contribution in [0.4, 0.5) is 0 Å². The average molecular weight is 256 g/mol. The van der Waals surface area contributed by atoms with Crippen molar-refractivity contribution in [2.24, 2.45) is 0 Å². The summed E-state index contributed by atoms with van der Waals surface area (Å²) in [5.41, 5.74) is 2.00. The number of aliphatic hydroxyl groups excluding tert-OH is 1. The van der Waals surface area contributed by atoms with Crippen molar-refractivity contribution in [2.75, 3.05) is 7.11 Å². The Morgan fingerprint density at radius 2 is 1.89 bits per heavy atom. The van der Waals surface area contributed by atoms with E-state index in [9.17, 15) is 5.11 Å². The van der Waals surface area contributed by atoms with Crippen molar-refractivity contribution < 1.29 is 14.6 Å². The van der Waals surface area contributed by atoms with Gasteiger partial charge in [-0.25, -0.2) is 0 Å². The van der Waals surface area contributed by atoms with Crippen LogP contribution < -0.4 is 9.47 Å². The van der Waals surface area contributed by atoms with E-state index in [-0.39, 0.29) is 6.10 Å². The molecule has 0 saturated carbocycles. The third-order valence-corrected chi connectivity index (χ3v) is 3.48. The van der Waals surface area contributed by atoms with Crippen molar-refractivity contribution in [1.82, 2.24) is 0 Å². The smallest absolute Gasteiger partial charge is 0.133 e. The van der Waals surface area contributed by atoms with Gasteiger partial charge < -0.3 is 14.6 Å². The van der Waals surface area contributed by atoms with Crippen LogP contribution in [0.2, 0.25) is 0 Å². The summed E-state index contributed by atoms with van der Waals surface area (Å²) in [4.78, 5) is 0. The molecular weight excluding hydrogens is 240 g/mol. The normalized spacial score (nSPS) is 18.5. The summed E-state index contributed by atoms with van der Waals surface area (Å²) in [5, 5.41) is 10.4. The fourth-order valence-corrected chi connectivity index (χ4v) is 2.40. The number of hydrogen-bond acceptors (Lipinski definition) is 3. The fraction of sp³-hybridized carbons (Fsp3) is 0.250. The summed E-state index contributed by atoms with van der Waals surface area (Å²) in [6.07, 6.45) is -0.104. The minimum atomic E-state index is -0.627. The van der Waals surface area contributed by atoms with Gasteiger partial charge in [-0.15, -0.1) is 0 Å². The molecule has 3 heteroatoms. The molecule has 2 aromatic rings. The maximum atomic E-state index is 10.4. The highest BCUT2D eigenvalue weighted by Gasteiger charge is 2.29. The second kappa shape index (κ2) is 4.94. The SMILES string of the molecule is COc1ccc(C(O)C2Cc3ccccc3O2)cc1. The Bertz CT molecular complexity index is 537. The number of aliphatic hydroxyl groups is 1. The first-order valence-corrected chi connectivity index (χ1v) is 6.34. The van der Waals surface area contributed by atoms with Crippen molar-refractivity contribution in [2.45, 2.75) is 18.6 Å². The lowest BCUT2D eigenvalue weighted by Crippen LogP contribution is -2.22. The lowest BCUT2D eigenvalue weighted by molar-refractivity contribution is 0.0492. The minimum absolute atomic E-state index is 0.217. The third-order valence-electron chi connectivity index (χ3n) is 3.48. The largest absolute Gasteiger partial charge is 0.497 e. The van der Waals surface area contributed by atoms with Gasteiger partial charge in [0.15, 0.2) is 0 Å². The van der Waals surface area contributed by atoms with E-state index >= 15 is 0 Å². The molecule has 1 aliphatic heterocycles. The molecule has 2 aromatic carbocycles. The number of rotatable bonds is 3. The Labute approximate surface area is 112 Å². The molecular formula is C16H16O3. The molecule has 0 bridgehead atoms. The molecule has 2 unspecified atom stereocenters. The van der Waals surface area contributed by atoms with E-state index in [1.54, 1.807) is 7.11 Å². The van der Waals surface area contributed by atoms with Gasteiger partial charge in [-0.2, -0.15) is 0 Å². The Morgan fingerprint density at radius 3 is 2.58 bits per heavy atom. The number of benzene rings is 2. The van der Waals surface area contributed by atoms with Crippen LogP contribution in [-0.4, -0.2) is 18.3 Å². The van der Waals surface area contributed by atoms with Gasteiger partial charge in [0.05, 0.1) is 7.11 Å². The highest BCUT2D eigenvalue weighted by atomic mass is 16.5. The summed E-state index contributed by atoms with van der Waals surface area (Å²) in [6, 6.07) is 15.4. The van der Waals surface area contributed by atoms with Crippen molar-refractivity contribution >= 4 is 0 Å². The zero-order valence-electron chi connectivity index (χ0n) is 10.7.